The van der Waals surface area contributed by atoms with Crippen molar-refractivity contribution in [3.63, 3.8) is 0 Å². The Morgan fingerprint density at radius 3 is 2.33 bits per heavy atom. The van der Waals surface area contributed by atoms with Gasteiger partial charge in [-0.15, -0.1) is 0 Å². The Labute approximate surface area is 106 Å². The van der Waals surface area contributed by atoms with E-state index in [1.54, 1.807) is 42.5 Å². The van der Waals surface area contributed by atoms with Gasteiger partial charge in [-0.25, -0.2) is 8.42 Å². The number of aliphatic hydroxyl groups excluding tert-OH is 1. The van der Waals surface area contributed by atoms with Gasteiger partial charge in [0, 0.05) is 5.56 Å². The highest BCUT2D eigenvalue weighted by Gasteiger charge is 2.29. The summed E-state index contributed by atoms with van der Waals surface area (Å²) in [6.07, 6.45) is -0.880. The first kappa shape index (κ1) is 11.4. The molecule has 1 heterocycles. The minimum Gasteiger partial charge on any atom is -0.384 e. The zero-order valence-electron chi connectivity index (χ0n) is 9.58. The summed E-state index contributed by atoms with van der Waals surface area (Å²) in [7, 11) is -3.38. The van der Waals surface area contributed by atoms with Crippen molar-refractivity contribution in [2.45, 2.75) is 16.8 Å². The van der Waals surface area contributed by atoms with Gasteiger partial charge in [0.1, 0.15) is 6.10 Å². The molecular weight excluding hydrogens is 248 g/mol. The van der Waals surface area contributed by atoms with E-state index in [2.05, 4.69) is 0 Å². The van der Waals surface area contributed by atoms with Crippen LogP contribution in [0.4, 0.5) is 0 Å². The summed E-state index contributed by atoms with van der Waals surface area (Å²) >= 11 is 0. The number of fused-ring (bicyclic) bond motifs is 2. The van der Waals surface area contributed by atoms with E-state index in [0.717, 1.165) is 0 Å². The summed E-state index contributed by atoms with van der Waals surface area (Å²) in [6.45, 7) is 0. The molecule has 0 aliphatic carbocycles. The first-order chi connectivity index (χ1) is 8.59. The quantitative estimate of drug-likeness (QED) is 0.788. The van der Waals surface area contributed by atoms with E-state index in [0.29, 0.717) is 16.7 Å². The Balaban J connectivity index is 2.35. The van der Waals surface area contributed by atoms with Crippen molar-refractivity contribution in [3.05, 3.63) is 65.2 Å². The van der Waals surface area contributed by atoms with Crippen LogP contribution in [-0.2, 0) is 15.6 Å². The Kier molecular flexibility index (Phi) is 2.50. The van der Waals surface area contributed by atoms with Crippen molar-refractivity contribution >= 4 is 9.84 Å². The van der Waals surface area contributed by atoms with Gasteiger partial charge in [0.25, 0.3) is 0 Å². The van der Waals surface area contributed by atoms with Gasteiger partial charge in [-0.2, -0.15) is 0 Å². The maximum absolute atomic E-state index is 12.3. The highest BCUT2D eigenvalue weighted by molar-refractivity contribution is 7.90. The van der Waals surface area contributed by atoms with Crippen LogP contribution in [0.3, 0.4) is 0 Å². The molecule has 0 radical (unpaired) electrons. The van der Waals surface area contributed by atoms with Gasteiger partial charge in [-0.05, 0) is 17.2 Å². The average molecular weight is 260 g/mol. The van der Waals surface area contributed by atoms with Crippen LogP contribution in [0.15, 0.2) is 53.4 Å². The summed E-state index contributed by atoms with van der Waals surface area (Å²) in [5.41, 5.74) is 1.80. The first-order valence-electron chi connectivity index (χ1n) is 5.67. The van der Waals surface area contributed by atoms with Gasteiger partial charge in [0.2, 0.25) is 0 Å². The third-order valence-corrected chi connectivity index (χ3v) is 4.98. The highest BCUT2D eigenvalue weighted by atomic mass is 32.2. The lowest BCUT2D eigenvalue weighted by Gasteiger charge is -2.12. The van der Waals surface area contributed by atoms with E-state index in [4.69, 9.17) is 0 Å². The molecule has 92 valence electrons. The molecule has 0 saturated heterocycles. The van der Waals surface area contributed by atoms with Gasteiger partial charge in [0.15, 0.2) is 9.84 Å². The van der Waals surface area contributed by atoms with Crippen LogP contribution in [-0.4, -0.2) is 13.5 Å². The van der Waals surface area contributed by atoms with Crippen LogP contribution in [0.5, 0.6) is 0 Å². The van der Waals surface area contributed by atoms with Crippen molar-refractivity contribution in [1.29, 1.82) is 0 Å². The molecule has 3 nitrogen and oxygen atoms in total. The first-order valence-corrected chi connectivity index (χ1v) is 7.32. The number of hydrogen-bond acceptors (Lipinski definition) is 3. The molecule has 0 spiro atoms. The molecule has 2 aromatic carbocycles. The molecule has 1 N–H and O–H groups in total. The molecule has 18 heavy (non-hydrogen) atoms. The minimum atomic E-state index is -3.38. The van der Waals surface area contributed by atoms with Crippen LogP contribution in [0.1, 0.15) is 22.8 Å². The fourth-order valence-corrected chi connectivity index (χ4v) is 4.02. The lowest BCUT2D eigenvalue weighted by Crippen LogP contribution is -2.05. The molecule has 0 bridgehead atoms. The molecule has 0 unspecified atom stereocenters. The standard InChI is InChI=1S/C14H12O3S/c15-14-11-6-2-1-5-10(11)9-18(16,17)13-8-4-3-7-12(13)14/h1-8,14-15H,9H2/t14-/m1/s1. The smallest absolute Gasteiger partial charge is 0.182 e. The lowest BCUT2D eigenvalue weighted by atomic mass is 9.98. The summed E-state index contributed by atoms with van der Waals surface area (Å²) in [5.74, 6) is -0.0583. The Hall–Kier alpha value is -1.65. The molecule has 1 aliphatic rings. The molecular formula is C14H12O3S. The Bertz CT molecular complexity index is 704. The molecule has 4 heteroatoms. The number of aliphatic hydroxyl groups is 1. The zero-order chi connectivity index (χ0) is 12.8. The van der Waals surface area contributed by atoms with Crippen molar-refractivity contribution in [3.8, 4) is 0 Å². The van der Waals surface area contributed by atoms with E-state index >= 15 is 0 Å². The van der Waals surface area contributed by atoms with Crippen LogP contribution >= 0.6 is 0 Å². The fourth-order valence-electron chi connectivity index (χ4n) is 2.37. The molecule has 0 aromatic heterocycles. The van der Waals surface area contributed by atoms with Crippen molar-refractivity contribution in [1.82, 2.24) is 0 Å². The third kappa shape index (κ3) is 1.65. The van der Waals surface area contributed by atoms with Crippen molar-refractivity contribution in [2.24, 2.45) is 0 Å². The average Bonchev–Trinajstić information content (AvgIpc) is 2.45. The second-order valence-corrected chi connectivity index (χ2v) is 6.36. The van der Waals surface area contributed by atoms with Crippen LogP contribution in [0.2, 0.25) is 0 Å². The fraction of sp³-hybridized carbons (Fsp3) is 0.143. The molecule has 1 aliphatic heterocycles. The number of sulfone groups is 1. The molecule has 0 amide bonds. The Morgan fingerprint density at radius 1 is 0.944 bits per heavy atom. The summed E-state index contributed by atoms with van der Waals surface area (Å²) in [5, 5.41) is 10.4. The topological polar surface area (TPSA) is 54.4 Å². The predicted octanol–water partition coefficient (Wildman–Crippen LogP) is 2.06. The Morgan fingerprint density at radius 2 is 1.56 bits per heavy atom. The number of rotatable bonds is 0. The maximum atomic E-state index is 12.3. The van der Waals surface area contributed by atoms with E-state index in [1.807, 2.05) is 6.07 Å². The SMILES string of the molecule is O=S1(=O)Cc2ccccc2[C@@H](O)c2ccccc21. The highest BCUT2D eigenvalue weighted by Crippen LogP contribution is 2.35. The van der Waals surface area contributed by atoms with E-state index < -0.39 is 15.9 Å². The maximum Gasteiger partial charge on any atom is 0.182 e. The van der Waals surface area contributed by atoms with Crippen molar-refractivity contribution < 1.29 is 13.5 Å². The molecule has 1 atom stereocenters. The monoisotopic (exact) mass is 260 g/mol. The number of hydrogen-bond donors (Lipinski definition) is 1. The summed E-state index contributed by atoms with van der Waals surface area (Å²) in [4.78, 5) is 0.230. The summed E-state index contributed by atoms with van der Waals surface area (Å²) in [6, 6.07) is 13.8. The van der Waals surface area contributed by atoms with E-state index in [1.165, 1.54) is 0 Å². The predicted molar refractivity (Wildman–Crippen MR) is 67.8 cm³/mol. The minimum absolute atomic E-state index is 0.0583. The molecule has 0 saturated carbocycles. The van der Waals surface area contributed by atoms with E-state index in [9.17, 15) is 13.5 Å². The van der Waals surface area contributed by atoms with Crippen LogP contribution < -0.4 is 0 Å². The second-order valence-electron chi connectivity index (χ2n) is 4.40. The van der Waals surface area contributed by atoms with Gasteiger partial charge in [0.05, 0.1) is 10.6 Å². The van der Waals surface area contributed by atoms with Gasteiger partial charge in [-0.1, -0.05) is 42.5 Å². The van der Waals surface area contributed by atoms with Crippen molar-refractivity contribution in [2.75, 3.05) is 0 Å². The largest absolute Gasteiger partial charge is 0.384 e. The summed E-state index contributed by atoms with van der Waals surface area (Å²) < 4.78 is 24.6. The van der Waals surface area contributed by atoms with Crippen LogP contribution in [0.25, 0.3) is 0 Å². The third-order valence-electron chi connectivity index (χ3n) is 3.24. The normalized spacial score (nSPS) is 20.6. The van der Waals surface area contributed by atoms with Crippen LogP contribution in [0, 0.1) is 0 Å². The molecule has 2 aromatic rings. The van der Waals surface area contributed by atoms with Gasteiger partial charge in [-0.3, -0.25) is 0 Å². The van der Waals surface area contributed by atoms with E-state index in [-0.39, 0.29) is 10.6 Å². The number of benzene rings is 2. The zero-order valence-corrected chi connectivity index (χ0v) is 10.4. The molecule has 0 fully saturated rings. The molecule has 3 rings (SSSR count). The lowest BCUT2D eigenvalue weighted by molar-refractivity contribution is 0.217. The second kappa shape index (κ2) is 3.93. The van der Waals surface area contributed by atoms with Gasteiger partial charge < -0.3 is 5.11 Å². The van der Waals surface area contributed by atoms with Gasteiger partial charge >= 0.3 is 0 Å².